The Morgan fingerprint density at radius 1 is 1.03 bits per heavy atom. The van der Waals surface area contributed by atoms with Gasteiger partial charge in [0.1, 0.15) is 5.78 Å². The van der Waals surface area contributed by atoms with Crippen LogP contribution in [0.25, 0.3) is 0 Å². The summed E-state index contributed by atoms with van der Waals surface area (Å²) in [5, 5.41) is 2.48. The van der Waals surface area contributed by atoms with E-state index in [1.807, 2.05) is 12.1 Å². The van der Waals surface area contributed by atoms with Crippen molar-refractivity contribution in [3.63, 3.8) is 0 Å². The molecule has 29 heavy (non-hydrogen) atoms. The van der Waals surface area contributed by atoms with Crippen LogP contribution in [0.4, 0.5) is 0 Å². The van der Waals surface area contributed by atoms with Gasteiger partial charge in [-0.25, -0.2) is 0 Å². The molecule has 2 atom stereocenters. The van der Waals surface area contributed by atoms with Gasteiger partial charge in [-0.15, -0.1) is 6.58 Å². The third-order valence-corrected chi connectivity index (χ3v) is 10.7. The van der Waals surface area contributed by atoms with Crippen molar-refractivity contribution < 1.29 is 14.0 Å². The molecule has 2 aromatic rings. The maximum absolute atomic E-state index is 12.0. The van der Waals surface area contributed by atoms with E-state index < -0.39 is 8.32 Å². The van der Waals surface area contributed by atoms with Gasteiger partial charge < -0.3 is 9.16 Å². The Morgan fingerprint density at radius 3 is 2.07 bits per heavy atom. The highest BCUT2D eigenvalue weighted by molar-refractivity contribution is 6.99. The largest absolute Gasteiger partial charge is 0.407 e. The Hall–Kier alpha value is -2.01. The van der Waals surface area contributed by atoms with Crippen LogP contribution in [0.3, 0.4) is 0 Å². The molecule has 1 aliphatic rings. The lowest BCUT2D eigenvalue weighted by molar-refractivity contribution is -0.132. The van der Waals surface area contributed by atoms with Gasteiger partial charge in [-0.1, -0.05) is 87.5 Å². The molecule has 0 spiro atoms. The van der Waals surface area contributed by atoms with Crippen molar-refractivity contribution in [2.75, 3.05) is 6.61 Å². The summed E-state index contributed by atoms with van der Waals surface area (Å²) in [6.07, 6.45) is 3.07. The van der Waals surface area contributed by atoms with Crippen LogP contribution in [0, 0.1) is 0 Å². The lowest BCUT2D eigenvalue weighted by atomic mass is 10.0. The molecule has 3 rings (SSSR count). The summed E-state index contributed by atoms with van der Waals surface area (Å²) in [5.74, 6) is 0.247. The maximum atomic E-state index is 12.0. The maximum Gasteiger partial charge on any atom is 0.261 e. The van der Waals surface area contributed by atoms with Gasteiger partial charge in [0, 0.05) is 19.4 Å². The van der Waals surface area contributed by atoms with E-state index in [0.717, 1.165) is 0 Å². The van der Waals surface area contributed by atoms with Gasteiger partial charge in [0.2, 0.25) is 0 Å². The van der Waals surface area contributed by atoms with Crippen molar-refractivity contribution in [2.45, 2.75) is 57.3 Å². The van der Waals surface area contributed by atoms with Crippen LogP contribution in [-0.2, 0) is 14.0 Å². The van der Waals surface area contributed by atoms with Crippen molar-refractivity contribution in [1.82, 2.24) is 0 Å². The van der Waals surface area contributed by atoms with E-state index in [1.54, 1.807) is 6.08 Å². The average Bonchev–Trinajstić information content (AvgIpc) is 2.71. The fourth-order valence-electron chi connectivity index (χ4n) is 4.32. The van der Waals surface area contributed by atoms with E-state index in [0.29, 0.717) is 25.9 Å². The molecular weight excluding hydrogens is 376 g/mol. The smallest absolute Gasteiger partial charge is 0.261 e. The number of benzene rings is 2. The Labute approximate surface area is 175 Å². The molecule has 0 N–H and O–H groups in total. The minimum atomic E-state index is -2.54. The monoisotopic (exact) mass is 408 g/mol. The number of ketones is 1. The van der Waals surface area contributed by atoms with E-state index >= 15 is 0 Å². The molecule has 1 heterocycles. The second-order valence-corrected chi connectivity index (χ2v) is 13.1. The number of carbonyl (C=O) groups is 1. The number of carbonyl (C=O) groups excluding carboxylic acids is 1. The Bertz CT molecular complexity index is 771. The van der Waals surface area contributed by atoms with Crippen LogP contribution in [0.2, 0.25) is 5.04 Å². The molecule has 1 aliphatic heterocycles. The van der Waals surface area contributed by atoms with Crippen molar-refractivity contribution in [1.29, 1.82) is 0 Å². The average molecular weight is 409 g/mol. The number of Topliss-reactive ketones (excluding diaryl/α,β-unsaturated/α-hetero) is 1. The minimum Gasteiger partial charge on any atom is -0.407 e. The van der Waals surface area contributed by atoms with E-state index in [2.05, 4.69) is 75.9 Å². The molecule has 1 saturated heterocycles. The third kappa shape index (κ3) is 4.77. The van der Waals surface area contributed by atoms with Gasteiger partial charge in [-0.3, -0.25) is 4.79 Å². The van der Waals surface area contributed by atoms with Crippen LogP contribution < -0.4 is 10.4 Å². The molecule has 1 fully saturated rings. The summed E-state index contributed by atoms with van der Waals surface area (Å²) in [5.41, 5.74) is 0. The molecule has 0 saturated carbocycles. The molecule has 0 bridgehead atoms. The highest BCUT2D eigenvalue weighted by Crippen LogP contribution is 2.37. The predicted molar refractivity (Wildman–Crippen MR) is 121 cm³/mol. The summed E-state index contributed by atoms with van der Waals surface area (Å²) in [6, 6.07) is 21.2. The Morgan fingerprint density at radius 2 is 1.59 bits per heavy atom. The predicted octanol–water partition coefficient (Wildman–Crippen LogP) is 4.26. The normalized spacial score (nSPS) is 20.4. The minimum absolute atomic E-state index is 0.0530. The van der Waals surface area contributed by atoms with E-state index in [9.17, 15) is 4.79 Å². The van der Waals surface area contributed by atoms with E-state index in [1.165, 1.54) is 10.4 Å². The van der Waals surface area contributed by atoms with Crippen molar-refractivity contribution in [3.8, 4) is 0 Å². The van der Waals surface area contributed by atoms with Crippen molar-refractivity contribution in [2.24, 2.45) is 0 Å². The summed E-state index contributed by atoms with van der Waals surface area (Å²) in [6.45, 7) is 11.2. The molecule has 2 aromatic carbocycles. The molecule has 0 amide bonds. The highest BCUT2D eigenvalue weighted by atomic mass is 28.4. The summed E-state index contributed by atoms with van der Waals surface area (Å²) in [4.78, 5) is 12.0. The Kier molecular flexibility index (Phi) is 6.88. The van der Waals surface area contributed by atoms with Gasteiger partial charge in [-0.05, 0) is 21.8 Å². The zero-order chi connectivity index (χ0) is 20.9. The number of hydrogen-bond donors (Lipinski definition) is 0. The first-order valence-electron chi connectivity index (χ1n) is 10.4. The van der Waals surface area contributed by atoms with Crippen molar-refractivity contribution in [3.05, 3.63) is 73.3 Å². The first-order chi connectivity index (χ1) is 13.9. The standard InChI is InChI=1S/C25H32O3Si/c1-5-21-18-20(26)19-22(28-21)16-17-27-29(25(2,3)4,23-12-8-6-9-13-23)24-14-10-7-11-15-24/h5-15,21-22H,1,16-19H2,2-4H3/t21-,22-/m0/s1. The number of hydrogen-bond acceptors (Lipinski definition) is 3. The van der Waals surface area contributed by atoms with Gasteiger partial charge in [-0.2, -0.15) is 0 Å². The zero-order valence-electron chi connectivity index (χ0n) is 17.8. The van der Waals surface area contributed by atoms with E-state index in [-0.39, 0.29) is 23.0 Å². The van der Waals surface area contributed by atoms with Gasteiger partial charge in [0.25, 0.3) is 8.32 Å². The molecule has 0 unspecified atom stereocenters. The van der Waals surface area contributed by atoms with Crippen LogP contribution in [0.15, 0.2) is 73.3 Å². The molecule has 0 aliphatic carbocycles. The molecular formula is C25H32O3Si. The van der Waals surface area contributed by atoms with Crippen LogP contribution in [0.5, 0.6) is 0 Å². The van der Waals surface area contributed by atoms with Gasteiger partial charge >= 0.3 is 0 Å². The number of rotatable bonds is 7. The molecule has 3 nitrogen and oxygen atoms in total. The number of ether oxygens (including phenoxy) is 1. The molecule has 154 valence electrons. The van der Waals surface area contributed by atoms with E-state index in [4.69, 9.17) is 9.16 Å². The Balaban J connectivity index is 1.88. The summed E-state index contributed by atoms with van der Waals surface area (Å²) < 4.78 is 12.9. The van der Waals surface area contributed by atoms with Gasteiger partial charge in [0.05, 0.1) is 12.2 Å². The zero-order valence-corrected chi connectivity index (χ0v) is 18.8. The molecule has 0 aromatic heterocycles. The molecule has 4 heteroatoms. The molecule has 0 radical (unpaired) electrons. The second kappa shape index (κ2) is 9.20. The first kappa shape index (κ1) is 21.7. The lowest BCUT2D eigenvalue weighted by Gasteiger charge is -2.43. The van der Waals surface area contributed by atoms with Crippen LogP contribution in [-0.4, -0.2) is 32.9 Å². The van der Waals surface area contributed by atoms with Crippen LogP contribution in [0.1, 0.15) is 40.0 Å². The topological polar surface area (TPSA) is 35.5 Å². The fourth-order valence-corrected chi connectivity index (χ4v) is 8.90. The third-order valence-electron chi connectivity index (χ3n) is 5.69. The highest BCUT2D eigenvalue weighted by Gasteiger charge is 2.50. The quantitative estimate of drug-likeness (QED) is 0.507. The van der Waals surface area contributed by atoms with Crippen molar-refractivity contribution >= 4 is 24.5 Å². The fraction of sp³-hybridized carbons (Fsp3) is 0.400. The van der Waals surface area contributed by atoms with Crippen LogP contribution >= 0.6 is 0 Å². The SMILES string of the molecule is C=C[C@H]1CC(=O)C[C@H](CCO[Si](c2ccccc2)(c2ccccc2)C(C)(C)C)O1. The first-order valence-corrected chi connectivity index (χ1v) is 12.3. The lowest BCUT2D eigenvalue weighted by Crippen LogP contribution is -2.66. The second-order valence-electron chi connectivity index (χ2n) is 8.78. The van der Waals surface area contributed by atoms with Gasteiger partial charge in [0.15, 0.2) is 0 Å². The summed E-state index contributed by atoms with van der Waals surface area (Å²) >= 11 is 0. The summed E-state index contributed by atoms with van der Waals surface area (Å²) in [7, 11) is -2.54.